The first-order chi connectivity index (χ1) is 11.2. The number of pyridine rings is 2. The van der Waals surface area contributed by atoms with E-state index in [4.69, 9.17) is 0 Å². The molecule has 3 aromatic heterocycles. The minimum atomic E-state index is -0.374. The Morgan fingerprint density at radius 1 is 1.30 bits per heavy atom. The Hall–Kier alpha value is -3.22. The van der Waals surface area contributed by atoms with Crippen LogP contribution in [0.2, 0.25) is 0 Å². The number of nitrogens with zero attached hydrogens (tertiary/aromatic N) is 3. The number of H-pyrrole nitrogens is 1. The minimum absolute atomic E-state index is 0.199. The lowest BCUT2D eigenvalue weighted by molar-refractivity contribution is 0.102. The van der Waals surface area contributed by atoms with Crippen LogP contribution in [-0.2, 0) is 6.42 Å². The van der Waals surface area contributed by atoms with E-state index in [0.717, 1.165) is 5.69 Å². The fourth-order valence-corrected chi connectivity index (χ4v) is 2.29. The van der Waals surface area contributed by atoms with E-state index in [1.54, 1.807) is 23.0 Å². The van der Waals surface area contributed by atoms with Crippen molar-refractivity contribution in [2.75, 3.05) is 5.32 Å². The number of carbonyl (C=O) groups is 1. The van der Waals surface area contributed by atoms with Crippen LogP contribution in [0.15, 0.2) is 53.7 Å². The molecule has 0 aliphatic carbocycles. The first-order valence-electron chi connectivity index (χ1n) is 7.18. The van der Waals surface area contributed by atoms with Crippen LogP contribution in [0.4, 0.5) is 5.69 Å². The van der Waals surface area contributed by atoms with E-state index >= 15 is 0 Å². The predicted molar refractivity (Wildman–Crippen MR) is 85.8 cm³/mol. The Morgan fingerprint density at radius 2 is 2.17 bits per heavy atom. The number of hydrogen-bond acceptors (Lipinski definition) is 4. The smallest absolute Gasteiger partial charge is 0.271 e. The van der Waals surface area contributed by atoms with Gasteiger partial charge in [0.1, 0.15) is 5.69 Å². The quantitative estimate of drug-likeness (QED) is 0.768. The van der Waals surface area contributed by atoms with Gasteiger partial charge in [-0.2, -0.15) is 5.10 Å². The molecule has 0 saturated carbocycles. The topological polar surface area (TPSA) is 92.7 Å². The maximum Gasteiger partial charge on any atom is 0.271 e. The molecule has 116 valence electrons. The molecule has 3 heterocycles. The van der Waals surface area contributed by atoms with Crippen molar-refractivity contribution < 1.29 is 4.79 Å². The maximum absolute atomic E-state index is 12.5. The molecule has 0 aliphatic rings. The molecule has 0 bridgehead atoms. The second-order valence-corrected chi connectivity index (χ2v) is 4.83. The molecular weight excluding hydrogens is 294 g/mol. The van der Waals surface area contributed by atoms with Gasteiger partial charge < -0.3 is 10.3 Å². The molecule has 3 aromatic rings. The van der Waals surface area contributed by atoms with Crippen LogP contribution >= 0.6 is 0 Å². The zero-order chi connectivity index (χ0) is 16.2. The third-order valence-corrected chi connectivity index (χ3v) is 3.38. The number of aromatic nitrogens is 4. The molecule has 1 amide bonds. The average molecular weight is 309 g/mol. The van der Waals surface area contributed by atoms with E-state index in [-0.39, 0.29) is 17.2 Å². The fourth-order valence-electron chi connectivity index (χ4n) is 2.29. The van der Waals surface area contributed by atoms with E-state index in [2.05, 4.69) is 20.4 Å². The largest absolute Gasteiger partial charge is 0.327 e. The van der Waals surface area contributed by atoms with Gasteiger partial charge in [-0.15, -0.1) is 0 Å². The zero-order valence-electron chi connectivity index (χ0n) is 12.5. The summed E-state index contributed by atoms with van der Waals surface area (Å²) in [6.07, 6.45) is 5.26. The molecule has 0 atom stereocenters. The molecule has 0 aliphatic heterocycles. The molecule has 3 rings (SSSR count). The maximum atomic E-state index is 12.5. The van der Waals surface area contributed by atoms with Gasteiger partial charge >= 0.3 is 0 Å². The summed E-state index contributed by atoms with van der Waals surface area (Å²) in [4.78, 5) is 30.9. The average Bonchev–Trinajstić information content (AvgIpc) is 3.02. The SMILES string of the molecule is CCc1c(C(=O)Nc2ccc[nH]c2=O)cnn1-c1ccccn1. The van der Waals surface area contributed by atoms with Crippen molar-refractivity contribution in [3.63, 3.8) is 0 Å². The minimum Gasteiger partial charge on any atom is -0.327 e. The Morgan fingerprint density at radius 3 is 2.87 bits per heavy atom. The van der Waals surface area contributed by atoms with Crippen LogP contribution in [0, 0.1) is 0 Å². The molecule has 0 unspecified atom stereocenters. The van der Waals surface area contributed by atoms with E-state index in [0.29, 0.717) is 17.8 Å². The van der Waals surface area contributed by atoms with E-state index in [1.807, 2.05) is 25.1 Å². The van der Waals surface area contributed by atoms with E-state index < -0.39 is 0 Å². The lowest BCUT2D eigenvalue weighted by atomic mass is 10.2. The summed E-state index contributed by atoms with van der Waals surface area (Å²) >= 11 is 0. The number of amides is 1. The predicted octanol–water partition coefficient (Wildman–Crippen LogP) is 1.77. The second-order valence-electron chi connectivity index (χ2n) is 4.83. The molecule has 23 heavy (non-hydrogen) atoms. The molecular formula is C16H15N5O2. The summed E-state index contributed by atoms with van der Waals surface area (Å²) in [6.45, 7) is 1.93. The van der Waals surface area contributed by atoms with Gasteiger partial charge in [-0.05, 0) is 30.7 Å². The summed E-state index contributed by atoms with van der Waals surface area (Å²) in [5.41, 5.74) is 0.996. The number of anilines is 1. The van der Waals surface area contributed by atoms with Crippen LogP contribution in [0.5, 0.6) is 0 Å². The highest BCUT2D eigenvalue weighted by atomic mass is 16.2. The molecule has 0 fully saturated rings. The van der Waals surface area contributed by atoms with Gasteiger partial charge in [0, 0.05) is 12.4 Å². The summed E-state index contributed by atoms with van der Waals surface area (Å²) in [5, 5.41) is 6.86. The normalized spacial score (nSPS) is 10.5. The van der Waals surface area contributed by atoms with Crippen molar-refractivity contribution in [2.45, 2.75) is 13.3 Å². The van der Waals surface area contributed by atoms with Crippen molar-refractivity contribution >= 4 is 11.6 Å². The zero-order valence-corrected chi connectivity index (χ0v) is 12.5. The van der Waals surface area contributed by atoms with E-state index in [1.165, 1.54) is 12.4 Å². The Kier molecular flexibility index (Phi) is 4.01. The van der Waals surface area contributed by atoms with Gasteiger partial charge in [-0.25, -0.2) is 9.67 Å². The molecule has 0 spiro atoms. The van der Waals surface area contributed by atoms with Gasteiger partial charge in [0.25, 0.3) is 11.5 Å². The van der Waals surface area contributed by atoms with Crippen molar-refractivity contribution in [3.05, 3.63) is 70.5 Å². The fraction of sp³-hybridized carbons (Fsp3) is 0.125. The molecule has 0 aromatic carbocycles. The molecule has 0 saturated heterocycles. The highest BCUT2D eigenvalue weighted by molar-refractivity contribution is 6.04. The van der Waals surface area contributed by atoms with Crippen molar-refractivity contribution in [1.82, 2.24) is 19.7 Å². The lowest BCUT2D eigenvalue weighted by Gasteiger charge is -2.07. The van der Waals surface area contributed by atoms with Gasteiger partial charge in [0.2, 0.25) is 0 Å². The summed E-state index contributed by atoms with van der Waals surface area (Å²) in [7, 11) is 0. The number of rotatable bonds is 4. The van der Waals surface area contributed by atoms with Crippen LogP contribution < -0.4 is 10.9 Å². The van der Waals surface area contributed by atoms with Gasteiger partial charge in [-0.3, -0.25) is 9.59 Å². The van der Waals surface area contributed by atoms with Gasteiger partial charge in [-0.1, -0.05) is 13.0 Å². The van der Waals surface area contributed by atoms with Crippen molar-refractivity contribution in [2.24, 2.45) is 0 Å². The molecule has 0 radical (unpaired) electrons. The standard InChI is InChI=1S/C16H15N5O2/c1-2-13-11(10-19-21(13)14-7-3-4-8-17-14)15(22)20-12-6-5-9-18-16(12)23/h3-10H,2H2,1H3,(H,18,23)(H,20,22). The monoisotopic (exact) mass is 309 g/mol. The third-order valence-electron chi connectivity index (χ3n) is 3.38. The molecule has 2 N–H and O–H groups in total. The highest BCUT2D eigenvalue weighted by Gasteiger charge is 2.18. The van der Waals surface area contributed by atoms with E-state index in [9.17, 15) is 9.59 Å². The Bertz CT molecular complexity index is 883. The number of carbonyl (C=O) groups excluding carboxylic acids is 1. The Balaban J connectivity index is 1.95. The van der Waals surface area contributed by atoms with Crippen LogP contribution in [0.25, 0.3) is 5.82 Å². The molecule has 7 nitrogen and oxygen atoms in total. The summed E-state index contributed by atoms with van der Waals surface area (Å²) < 4.78 is 1.63. The second kappa shape index (κ2) is 6.27. The summed E-state index contributed by atoms with van der Waals surface area (Å²) in [5.74, 6) is 0.265. The summed E-state index contributed by atoms with van der Waals surface area (Å²) in [6, 6.07) is 8.68. The van der Waals surface area contributed by atoms with Crippen molar-refractivity contribution in [3.8, 4) is 5.82 Å². The lowest BCUT2D eigenvalue weighted by Crippen LogP contribution is -2.20. The Labute approximate surface area is 132 Å². The first kappa shape index (κ1) is 14.7. The van der Waals surface area contributed by atoms with Gasteiger partial charge in [0.15, 0.2) is 5.82 Å². The molecule has 7 heteroatoms. The van der Waals surface area contributed by atoms with Crippen LogP contribution in [0.1, 0.15) is 23.0 Å². The first-order valence-corrected chi connectivity index (χ1v) is 7.18. The van der Waals surface area contributed by atoms with Crippen LogP contribution in [-0.4, -0.2) is 25.7 Å². The number of nitrogens with one attached hydrogen (secondary N) is 2. The highest BCUT2D eigenvalue weighted by Crippen LogP contribution is 2.15. The number of hydrogen-bond donors (Lipinski definition) is 2. The number of aromatic amines is 1. The van der Waals surface area contributed by atoms with Crippen LogP contribution in [0.3, 0.4) is 0 Å². The van der Waals surface area contributed by atoms with Gasteiger partial charge in [0.05, 0.1) is 17.5 Å². The third kappa shape index (κ3) is 2.89. The van der Waals surface area contributed by atoms with Crippen molar-refractivity contribution in [1.29, 1.82) is 0 Å².